The van der Waals surface area contributed by atoms with Gasteiger partial charge in [-0.3, -0.25) is 0 Å². The molecule has 5 heteroatoms. The average Bonchev–Trinajstić information content (AvgIpc) is 2.44. The van der Waals surface area contributed by atoms with Gasteiger partial charge in [-0.05, 0) is 44.4 Å². The topological polar surface area (TPSA) is 47.0 Å². The van der Waals surface area contributed by atoms with Crippen LogP contribution in [0.25, 0.3) is 0 Å². The summed E-state index contributed by atoms with van der Waals surface area (Å²) < 4.78 is 5.80. The third-order valence-corrected chi connectivity index (χ3v) is 3.40. The number of aromatic nitrogens is 2. The lowest BCUT2D eigenvalue weighted by molar-refractivity contribution is 0.457. The maximum atomic E-state index is 5.80. The largest absolute Gasteiger partial charge is 0.439 e. The number of nitrogens with one attached hydrogen (secondary N) is 1. The molecular formula is C14H17N3OS. The van der Waals surface area contributed by atoms with Crippen LogP contribution >= 0.6 is 11.8 Å². The smallest absolute Gasteiger partial charge is 0.227 e. The van der Waals surface area contributed by atoms with Crippen LogP contribution in [0.2, 0.25) is 0 Å². The summed E-state index contributed by atoms with van der Waals surface area (Å²) in [5.74, 6) is 2.18. The van der Waals surface area contributed by atoms with Crippen LogP contribution in [-0.2, 0) is 0 Å². The van der Waals surface area contributed by atoms with Crippen LogP contribution < -0.4 is 10.1 Å². The molecule has 0 aliphatic carbocycles. The van der Waals surface area contributed by atoms with Gasteiger partial charge in [-0.25, -0.2) is 9.97 Å². The van der Waals surface area contributed by atoms with Crippen molar-refractivity contribution >= 4 is 17.6 Å². The molecular weight excluding hydrogens is 258 g/mol. The summed E-state index contributed by atoms with van der Waals surface area (Å²) in [5, 5.41) is 3.19. The highest BCUT2D eigenvalue weighted by Gasteiger charge is 2.08. The van der Waals surface area contributed by atoms with Crippen LogP contribution in [0.1, 0.15) is 12.5 Å². The van der Waals surface area contributed by atoms with E-state index in [0.29, 0.717) is 5.88 Å². The number of ether oxygens (including phenoxy) is 1. The summed E-state index contributed by atoms with van der Waals surface area (Å²) in [7, 11) is 0. The molecule has 0 bridgehead atoms. The fourth-order valence-electron chi connectivity index (χ4n) is 1.64. The maximum absolute atomic E-state index is 5.80. The van der Waals surface area contributed by atoms with E-state index in [9.17, 15) is 0 Å². The van der Waals surface area contributed by atoms with Crippen molar-refractivity contribution in [2.24, 2.45) is 0 Å². The molecule has 0 fully saturated rings. The molecule has 0 radical (unpaired) electrons. The predicted octanol–water partition coefficient (Wildman–Crippen LogP) is 3.73. The van der Waals surface area contributed by atoms with Gasteiger partial charge in [0, 0.05) is 11.4 Å². The van der Waals surface area contributed by atoms with Crippen molar-refractivity contribution < 1.29 is 4.74 Å². The Bertz CT molecular complexity index is 543. The molecule has 2 aromatic rings. The number of anilines is 1. The highest BCUT2D eigenvalue weighted by atomic mass is 32.2. The molecule has 1 heterocycles. The van der Waals surface area contributed by atoms with Crippen molar-refractivity contribution in [1.82, 2.24) is 9.97 Å². The first-order valence-electron chi connectivity index (χ1n) is 6.12. The molecule has 0 aliphatic heterocycles. The van der Waals surface area contributed by atoms with Crippen LogP contribution in [0.15, 0.2) is 35.5 Å². The normalized spacial score (nSPS) is 10.3. The molecule has 0 saturated heterocycles. The Labute approximate surface area is 117 Å². The first-order chi connectivity index (χ1) is 9.24. The van der Waals surface area contributed by atoms with Crippen molar-refractivity contribution in [2.75, 3.05) is 18.1 Å². The number of hydrogen-bond acceptors (Lipinski definition) is 5. The Balaban J connectivity index is 2.20. The van der Waals surface area contributed by atoms with Gasteiger partial charge < -0.3 is 10.1 Å². The van der Waals surface area contributed by atoms with Gasteiger partial charge in [-0.1, -0.05) is 0 Å². The van der Waals surface area contributed by atoms with E-state index >= 15 is 0 Å². The summed E-state index contributed by atoms with van der Waals surface area (Å²) in [6.07, 6.45) is 3.56. The van der Waals surface area contributed by atoms with Crippen molar-refractivity contribution in [3.8, 4) is 11.6 Å². The molecule has 1 aromatic carbocycles. The summed E-state index contributed by atoms with van der Waals surface area (Å²) in [6.45, 7) is 4.80. The third-order valence-electron chi connectivity index (χ3n) is 2.66. The van der Waals surface area contributed by atoms with Gasteiger partial charge in [-0.2, -0.15) is 0 Å². The molecule has 100 valence electrons. The highest BCUT2D eigenvalue weighted by molar-refractivity contribution is 7.98. The molecule has 0 aliphatic rings. The molecule has 0 amide bonds. The van der Waals surface area contributed by atoms with Crippen LogP contribution in [0.3, 0.4) is 0 Å². The molecule has 2 rings (SSSR count). The van der Waals surface area contributed by atoms with E-state index in [4.69, 9.17) is 4.74 Å². The standard InChI is InChI=1S/C14H17N3OS/c1-4-15-13-10(2)14(17-9-16-13)18-11-5-7-12(19-3)8-6-11/h5-9H,4H2,1-3H3,(H,15,16,17). The summed E-state index contributed by atoms with van der Waals surface area (Å²) in [4.78, 5) is 9.58. The highest BCUT2D eigenvalue weighted by Crippen LogP contribution is 2.27. The Morgan fingerprint density at radius 1 is 1.21 bits per heavy atom. The molecule has 1 N–H and O–H groups in total. The minimum absolute atomic E-state index is 0.586. The predicted molar refractivity (Wildman–Crippen MR) is 79.2 cm³/mol. The number of hydrogen-bond donors (Lipinski definition) is 1. The first-order valence-corrected chi connectivity index (χ1v) is 7.34. The molecule has 1 aromatic heterocycles. The molecule has 0 spiro atoms. The van der Waals surface area contributed by atoms with Crippen molar-refractivity contribution in [3.05, 3.63) is 36.2 Å². The Morgan fingerprint density at radius 3 is 2.58 bits per heavy atom. The minimum atomic E-state index is 0.586. The van der Waals surface area contributed by atoms with E-state index in [1.165, 1.54) is 11.2 Å². The van der Waals surface area contributed by atoms with Gasteiger partial charge in [0.15, 0.2) is 0 Å². The molecule has 4 nitrogen and oxygen atoms in total. The van der Waals surface area contributed by atoms with Crippen LogP contribution in [0.4, 0.5) is 5.82 Å². The number of rotatable bonds is 5. The van der Waals surface area contributed by atoms with E-state index in [0.717, 1.165) is 23.7 Å². The van der Waals surface area contributed by atoms with E-state index in [-0.39, 0.29) is 0 Å². The lowest BCUT2D eigenvalue weighted by atomic mass is 10.3. The summed E-state index contributed by atoms with van der Waals surface area (Å²) in [5.41, 5.74) is 0.915. The fraction of sp³-hybridized carbons (Fsp3) is 0.286. The van der Waals surface area contributed by atoms with Crippen molar-refractivity contribution in [2.45, 2.75) is 18.7 Å². The Kier molecular flexibility index (Phi) is 4.63. The van der Waals surface area contributed by atoms with E-state index in [1.807, 2.05) is 44.4 Å². The molecule has 19 heavy (non-hydrogen) atoms. The molecule has 0 unspecified atom stereocenters. The quantitative estimate of drug-likeness (QED) is 0.842. The fourth-order valence-corrected chi connectivity index (χ4v) is 2.05. The number of nitrogens with zero attached hydrogens (tertiary/aromatic N) is 2. The van der Waals surface area contributed by atoms with E-state index in [2.05, 4.69) is 15.3 Å². The van der Waals surface area contributed by atoms with Crippen LogP contribution in [-0.4, -0.2) is 22.8 Å². The van der Waals surface area contributed by atoms with E-state index in [1.54, 1.807) is 11.8 Å². The Morgan fingerprint density at radius 2 is 1.95 bits per heavy atom. The monoisotopic (exact) mass is 275 g/mol. The summed E-state index contributed by atoms with van der Waals surface area (Å²) >= 11 is 1.70. The molecule has 0 saturated carbocycles. The van der Waals surface area contributed by atoms with Crippen LogP contribution in [0, 0.1) is 6.92 Å². The zero-order chi connectivity index (χ0) is 13.7. The van der Waals surface area contributed by atoms with Gasteiger partial charge >= 0.3 is 0 Å². The number of benzene rings is 1. The average molecular weight is 275 g/mol. The summed E-state index contributed by atoms with van der Waals surface area (Å²) in [6, 6.07) is 7.95. The first kappa shape index (κ1) is 13.7. The zero-order valence-corrected chi connectivity index (χ0v) is 12.1. The van der Waals surface area contributed by atoms with Gasteiger partial charge in [0.05, 0.1) is 5.56 Å². The second kappa shape index (κ2) is 6.43. The van der Waals surface area contributed by atoms with Crippen molar-refractivity contribution in [3.63, 3.8) is 0 Å². The zero-order valence-electron chi connectivity index (χ0n) is 11.3. The lowest BCUT2D eigenvalue weighted by Crippen LogP contribution is -2.03. The van der Waals surface area contributed by atoms with Crippen LogP contribution in [0.5, 0.6) is 11.6 Å². The van der Waals surface area contributed by atoms with Gasteiger partial charge in [0.25, 0.3) is 0 Å². The van der Waals surface area contributed by atoms with Gasteiger partial charge in [0.1, 0.15) is 17.9 Å². The maximum Gasteiger partial charge on any atom is 0.227 e. The second-order valence-electron chi connectivity index (χ2n) is 3.96. The second-order valence-corrected chi connectivity index (χ2v) is 4.84. The minimum Gasteiger partial charge on any atom is -0.439 e. The van der Waals surface area contributed by atoms with Gasteiger partial charge in [0.2, 0.25) is 5.88 Å². The molecule has 0 atom stereocenters. The van der Waals surface area contributed by atoms with Gasteiger partial charge in [-0.15, -0.1) is 11.8 Å². The lowest BCUT2D eigenvalue weighted by Gasteiger charge is -2.11. The van der Waals surface area contributed by atoms with E-state index < -0.39 is 0 Å². The Hall–Kier alpha value is -1.75. The SMILES string of the molecule is CCNc1ncnc(Oc2ccc(SC)cc2)c1C. The third kappa shape index (κ3) is 3.38. The number of thioether (sulfide) groups is 1. The van der Waals surface area contributed by atoms with Crippen molar-refractivity contribution in [1.29, 1.82) is 0 Å².